The molecule has 0 fully saturated rings. The van der Waals surface area contributed by atoms with Gasteiger partial charge in [0.25, 0.3) is 0 Å². The second-order valence-electron chi connectivity index (χ2n) is 5.72. The molecule has 0 aromatic heterocycles. The van der Waals surface area contributed by atoms with Gasteiger partial charge in [0.2, 0.25) is 0 Å². The Morgan fingerprint density at radius 3 is 1.69 bits per heavy atom. The number of carbonyl (C=O) groups excluding carboxylic acids is 4. The average molecular weight is 408 g/mol. The van der Waals surface area contributed by atoms with Crippen LogP contribution in [0, 0.1) is 0 Å². The first-order valence-corrected chi connectivity index (χ1v) is 9.16. The van der Waals surface area contributed by atoms with E-state index in [4.69, 9.17) is 18.9 Å². The smallest absolute Gasteiger partial charge is 0.330 e. The van der Waals surface area contributed by atoms with Crippen LogP contribution in [0.2, 0.25) is 0 Å². The van der Waals surface area contributed by atoms with Crippen molar-refractivity contribution in [1.82, 2.24) is 0 Å². The van der Waals surface area contributed by atoms with Crippen molar-refractivity contribution < 1.29 is 38.1 Å². The predicted molar refractivity (Wildman–Crippen MR) is 106 cm³/mol. The second-order valence-corrected chi connectivity index (χ2v) is 5.72. The first-order valence-electron chi connectivity index (χ1n) is 9.16. The lowest BCUT2D eigenvalue weighted by Crippen LogP contribution is -2.42. The summed E-state index contributed by atoms with van der Waals surface area (Å²) in [5.41, 5.74) is 0. The maximum Gasteiger partial charge on any atom is 0.330 e. The molecule has 0 saturated carbocycles. The fraction of sp³-hybridized carbons (Fsp3) is 0.429. The number of hydrogen-bond donors (Lipinski definition) is 0. The normalized spacial score (nSPS) is 12.3. The standard InChI is InChI=1S/C21H28O8/c1-5-9-10-11-12-13-21(25)27-15-17(29-20(24)8-4)16(28-19(23)7-3)14-26-18(22)6-2/h6-8,12-13,16-17H,2-5,9-11,14-15H2,1H3/t16-,17+/m1/s1. The molecule has 0 spiro atoms. The summed E-state index contributed by atoms with van der Waals surface area (Å²) >= 11 is 0. The molecule has 0 rings (SSSR count). The van der Waals surface area contributed by atoms with E-state index >= 15 is 0 Å². The summed E-state index contributed by atoms with van der Waals surface area (Å²) in [7, 11) is 0. The average Bonchev–Trinajstić information content (AvgIpc) is 2.73. The lowest BCUT2D eigenvalue weighted by atomic mass is 10.2. The van der Waals surface area contributed by atoms with E-state index in [0.717, 1.165) is 43.9 Å². The lowest BCUT2D eigenvalue weighted by molar-refractivity contribution is -0.175. The highest BCUT2D eigenvalue weighted by Crippen LogP contribution is 2.10. The zero-order valence-corrected chi connectivity index (χ0v) is 16.7. The molecular formula is C21H28O8. The summed E-state index contributed by atoms with van der Waals surface area (Å²) < 4.78 is 20.1. The monoisotopic (exact) mass is 408 g/mol. The van der Waals surface area contributed by atoms with Gasteiger partial charge in [0.15, 0.2) is 12.2 Å². The van der Waals surface area contributed by atoms with Crippen molar-refractivity contribution in [2.24, 2.45) is 0 Å². The fourth-order valence-corrected chi connectivity index (χ4v) is 1.96. The van der Waals surface area contributed by atoms with E-state index in [2.05, 4.69) is 26.7 Å². The van der Waals surface area contributed by atoms with Gasteiger partial charge >= 0.3 is 23.9 Å². The molecule has 8 heteroatoms. The second kappa shape index (κ2) is 15.9. The van der Waals surface area contributed by atoms with Crippen LogP contribution in [0.3, 0.4) is 0 Å². The number of hydrogen-bond acceptors (Lipinski definition) is 8. The van der Waals surface area contributed by atoms with Gasteiger partial charge in [0.1, 0.15) is 13.2 Å². The van der Waals surface area contributed by atoms with Gasteiger partial charge in [-0.25, -0.2) is 19.2 Å². The molecule has 0 unspecified atom stereocenters. The summed E-state index contributed by atoms with van der Waals surface area (Å²) in [6.07, 6.45) is 6.98. The van der Waals surface area contributed by atoms with Crippen LogP contribution in [0.4, 0.5) is 0 Å². The van der Waals surface area contributed by atoms with Gasteiger partial charge in [-0.15, -0.1) is 0 Å². The Kier molecular flexibility index (Phi) is 14.1. The molecule has 0 N–H and O–H groups in total. The number of allylic oxidation sites excluding steroid dienone is 1. The van der Waals surface area contributed by atoms with Crippen LogP contribution in [-0.2, 0) is 38.1 Å². The predicted octanol–water partition coefficient (Wildman–Crippen LogP) is 2.59. The van der Waals surface area contributed by atoms with Crippen LogP contribution in [0.1, 0.15) is 32.6 Å². The Bertz CT molecular complexity index is 620. The van der Waals surface area contributed by atoms with Crippen LogP contribution in [0.25, 0.3) is 0 Å². The fourth-order valence-electron chi connectivity index (χ4n) is 1.96. The Morgan fingerprint density at radius 2 is 1.24 bits per heavy atom. The van der Waals surface area contributed by atoms with Crippen molar-refractivity contribution >= 4 is 23.9 Å². The molecule has 0 bridgehead atoms. The summed E-state index contributed by atoms with van der Waals surface area (Å²) in [6, 6.07) is 0. The van der Waals surface area contributed by atoms with E-state index in [0.29, 0.717) is 0 Å². The number of rotatable bonds is 15. The zero-order chi connectivity index (χ0) is 22.1. The van der Waals surface area contributed by atoms with E-state index in [1.807, 2.05) is 0 Å². The Balaban J connectivity index is 5.09. The van der Waals surface area contributed by atoms with E-state index < -0.39 is 49.3 Å². The first kappa shape index (κ1) is 25.8. The third kappa shape index (κ3) is 12.8. The number of unbranched alkanes of at least 4 members (excludes halogenated alkanes) is 3. The number of carbonyl (C=O) groups is 4. The molecule has 8 nitrogen and oxygen atoms in total. The number of ether oxygens (including phenoxy) is 4. The van der Waals surface area contributed by atoms with Gasteiger partial charge in [-0.1, -0.05) is 45.6 Å². The summed E-state index contributed by atoms with van der Waals surface area (Å²) in [5, 5.41) is 0. The SMILES string of the molecule is C=CC(=O)OC[C@@H](OC(=O)C=C)[C@H](COC(=O)C=CCCCCC)OC(=O)C=C. The quantitative estimate of drug-likeness (QED) is 0.176. The van der Waals surface area contributed by atoms with Gasteiger partial charge in [0.05, 0.1) is 0 Å². The molecule has 0 saturated heterocycles. The van der Waals surface area contributed by atoms with Crippen LogP contribution >= 0.6 is 0 Å². The Hall–Kier alpha value is -3.16. The Morgan fingerprint density at radius 1 is 0.759 bits per heavy atom. The maximum atomic E-state index is 11.9. The van der Waals surface area contributed by atoms with Crippen LogP contribution in [0.5, 0.6) is 0 Å². The summed E-state index contributed by atoms with van der Waals surface area (Å²) in [4.78, 5) is 46.4. The minimum absolute atomic E-state index is 0.432. The van der Waals surface area contributed by atoms with E-state index in [1.54, 1.807) is 6.08 Å². The third-order valence-corrected chi connectivity index (χ3v) is 3.46. The van der Waals surface area contributed by atoms with E-state index in [-0.39, 0.29) is 0 Å². The third-order valence-electron chi connectivity index (χ3n) is 3.46. The van der Waals surface area contributed by atoms with Gasteiger partial charge in [-0.2, -0.15) is 0 Å². The van der Waals surface area contributed by atoms with Crippen molar-refractivity contribution in [1.29, 1.82) is 0 Å². The Labute approximate surface area is 170 Å². The maximum absolute atomic E-state index is 11.9. The van der Waals surface area contributed by atoms with E-state index in [1.165, 1.54) is 6.08 Å². The molecule has 0 aliphatic rings. The molecule has 29 heavy (non-hydrogen) atoms. The van der Waals surface area contributed by atoms with Crippen molar-refractivity contribution in [3.05, 3.63) is 50.1 Å². The molecule has 160 valence electrons. The molecule has 0 aliphatic carbocycles. The lowest BCUT2D eigenvalue weighted by Gasteiger charge is -2.25. The topological polar surface area (TPSA) is 105 Å². The van der Waals surface area contributed by atoms with Crippen LogP contribution in [0.15, 0.2) is 50.1 Å². The highest BCUT2D eigenvalue weighted by Gasteiger charge is 2.30. The van der Waals surface area contributed by atoms with Crippen molar-refractivity contribution in [3.63, 3.8) is 0 Å². The minimum atomic E-state index is -1.24. The zero-order valence-electron chi connectivity index (χ0n) is 16.7. The molecule has 0 aliphatic heterocycles. The van der Waals surface area contributed by atoms with Gasteiger partial charge in [-0.05, 0) is 12.8 Å². The largest absolute Gasteiger partial charge is 0.458 e. The van der Waals surface area contributed by atoms with Gasteiger partial charge in [0, 0.05) is 24.3 Å². The van der Waals surface area contributed by atoms with Crippen LogP contribution < -0.4 is 0 Å². The van der Waals surface area contributed by atoms with Crippen molar-refractivity contribution in [2.45, 2.75) is 44.8 Å². The molecule has 2 atom stereocenters. The molecular weight excluding hydrogens is 380 g/mol. The van der Waals surface area contributed by atoms with Gasteiger partial charge in [-0.3, -0.25) is 0 Å². The van der Waals surface area contributed by atoms with E-state index in [9.17, 15) is 19.2 Å². The highest BCUT2D eigenvalue weighted by atomic mass is 16.6. The molecule has 0 aromatic rings. The highest BCUT2D eigenvalue weighted by molar-refractivity contribution is 5.83. The summed E-state index contributed by atoms with van der Waals surface area (Å²) in [5.74, 6) is -3.11. The first-order chi connectivity index (χ1) is 13.9. The van der Waals surface area contributed by atoms with Gasteiger partial charge < -0.3 is 18.9 Å². The van der Waals surface area contributed by atoms with Crippen molar-refractivity contribution in [3.8, 4) is 0 Å². The molecule has 0 amide bonds. The molecule has 0 aromatic carbocycles. The van der Waals surface area contributed by atoms with Crippen molar-refractivity contribution in [2.75, 3.05) is 13.2 Å². The summed E-state index contributed by atoms with van der Waals surface area (Å²) in [6.45, 7) is 11.0. The van der Waals surface area contributed by atoms with Crippen LogP contribution in [-0.4, -0.2) is 49.3 Å². The molecule has 0 heterocycles. The number of esters is 4. The minimum Gasteiger partial charge on any atom is -0.458 e. The molecule has 0 radical (unpaired) electrons.